The highest BCUT2D eigenvalue weighted by Gasteiger charge is 2.32. The fourth-order valence-corrected chi connectivity index (χ4v) is 6.91. The lowest BCUT2D eigenvalue weighted by Crippen LogP contribution is -2.42. The van der Waals surface area contributed by atoms with Gasteiger partial charge in [0, 0.05) is 34.3 Å². The van der Waals surface area contributed by atoms with E-state index in [0.717, 1.165) is 6.42 Å². The molecular weight excluding hydrogens is 592 g/mol. The summed E-state index contributed by atoms with van der Waals surface area (Å²) in [7, 11) is -3.72. The summed E-state index contributed by atoms with van der Waals surface area (Å²) in [6.45, 7) is 4.94. The molecule has 3 aromatic carbocycles. The number of carbonyl (C=O) groups is 3. The van der Waals surface area contributed by atoms with Crippen LogP contribution in [0.1, 0.15) is 46.5 Å². The van der Waals surface area contributed by atoms with Crippen LogP contribution in [0.15, 0.2) is 76.1 Å². The molecule has 2 atom stereocenters. The number of nitrogens with zero attached hydrogens (tertiary/aromatic N) is 1. The smallest absolute Gasteiger partial charge is 0.296 e. The zero-order valence-corrected chi connectivity index (χ0v) is 23.9. The third kappa shape index (κ3) is 6.07. The number of Topliss-reactive ketones (excluding diaryl/α,β-unsaturated/α-hetero) is 1. The van der Waals surface area contributed by atoms with E-state index in [1.54, 1.807) is 30.3 Å². The fraction of sp³-hybridized carbons (Fsp3) is 0.250. The summed E-state index contributed by atoms with van der Waals surface area (Å²) in [5, 5.41) is 2.77. The van der Waals surface area contributed by atoms with Crippen LogP contribution < -0.4 is 5.32 Å². The molecule has 10 heteroatoms. The molecule has 0 aliphatic carbocycles. The molecule has 0 unspecified atom stereocenters. The maximum atomic E-state index is 13.2. The number of rotatable bonds is 7. The van der Waals surface area contributed by atoms with Crippen LogP contribution in [-0.2, 0) is 14.8 Å². The van der Waals surface area contributed by atoms with Crippen molar-refractivity contribution in [2.45, 2.75) is 25.2 Å². The number of benzene rings is 3. The molecular formula is C28H26BrClN2O5S. The number of piperidine rings is 1. The van der Waals surface area contributed by atoms with Crippen molar-refractivity contribution in [2.75, 3.05) is 18.4 Å². The van der Waals surface area contributed by atoms with Gasteiger partial charge in [-0.05, 0) is 72.9 Å². The largest absolute Gasteiger partial charge is 0.318 e. The lowest BCUT2D eigenvalue weighted by molar-refractivity contribution is -0.112. The highest BCUT2D eigenvalue weighted by molar-refractivity contribution is 9.10. The van der Waals surface area contributed by atoms with Crippen molar-refractivity contribution in [3.05, 3.63) is 92.9 Å². The lowest BCUT2D eigenvalue weighted by Gasteiger charge is -2.34. The molecule has 198 valence electrons. The summed E-state index contributed by atoms with van der Waals surface area (Å²) in [4.78, 5) is 39.0. The Morgan fingerprint density at radius 3 is 2.18 bits per heavy atom. The number of ketones is 2. The maximum absolute atomic E-state index is 13.2. The third-order valence-electron chi connectivity index (χ3n) is 6.39. The first-order valence-electron chi connectivity index (χ1n) is 12.0. The standard InChI is InChI=1S/C28H26BrClN2O5S/c1-17-13-18(2)16-32(15-17)38(36,37)21-10-7-19(8-11-21)26(33)28(35)31-25-12-9-20(29)14-23(25)27(34)22-5-3-4-6-24(22)30/h3-12,14,17-18H,13,15-16H2,1-2H3,(H,31,35)/t17-,18+. The molecule has 1 heterocycles. The summed E-state index contributed by atoms with van der Waals surface area (Å²) in [5.74, 6) is -1.74. The Balaban J connectivity index is 1.53. The summed E-state index contributed by atoms with van der Waals surface area (Å²) < 4.78 is 28.3. The van der Waals surface area contributed by atoms with Gasteiger partial charge in [0.05, 0.1) is 15.6 Å². The Labute approximate surface area is 235 Å². The monoisotopic (exact) mass is 616 g/mol. The average Bonchev–Trinajstić information content (AvgIpc) is 2.88. The van der Waals surface area contributed by atoms with Gasteiger partial charge in [-0.3, -0.25) is 14.4 Å². The molecule has 1 aliphatic rings. The second-order valence-electron chi connectivity index (χ2n) is 9.57. The van der Waals surface area contributed by atoms with Crippen molar-refractivity contribution < 1.29 is 22.8 Å². The molecule has 7 nitrogen and oxygen atoms in total. The van der Waals surface area contributed by atoms with E-state index < -0.39 is 27.5 Å². The van der Waals surface area contributed by atoms with E-state index in [4.69, 9.17) is 11.6 Å². The maximum Gasteiger partial charge on any atom is 0.296 e. The minimum atomic E-state index is -3.72. The Kier molecular flexibility index (Phi) is 8.52. The fourth-order valence-electron chi connectivity index (χ4n) is 4.64. The van der Waals surface area contributed by atoms with Gasteiger partial charge in [0.25, 0.3) is 11.7 Å². The molecule has 1 saturated heterocycles. The van der Waals surface area contributed by atoms with E-state index in [9.17, 15) is 22.8 Å². The predicted molar refractivity (Wildman–Crippen MR) is 150 cm³/mol. The number of hydrogen-bond donors (Lipinski definition) is 1. The quantitative estimate of drug-likeness (QED) is 0.266. The van der Waals surface area contributed by atoms with Gasteiger partial charge in [-0.2, -0.15) is 4.31 Å². The molecule has 3 aromatic rings. The molecule has 1 N–H and O–H groups in total. The Bertz CT molecular complexity index is 1500. The Hall–Kier alpha value is -2.85. The van der Waals surface area contributed by atoms with Crippen molar-refractivity contribution in [1.29, 1.82) is 0 Å². The van der Waals surface area contributed by atoms with E-state index in [1.807, 2.05) is 13.8 Å². The zero-order valence-electron chi connectivity index (χ0n) is 20.8. The third-order valence-corrected chi connectivity index (χ3v) is 9.06. The predicted octanol–water partition coefficient (Wildman–Crippen LogP) is 5.82. The molecule has 1 amide bonds. The first-order valence-corrected chi connectivity index (χ1v) is 14.6. The van der Waals surface area contributed by atoms with Crippen LogP contribution in [0.3, 0.4) is 0 Å². The molecule has 0 bridgehead atoms. The van der Waals surface area contributed by atoms with Gasteiger partial charge >= 0.3 is 0 Å². The van der Waals surface area contributed by atoms with Gasteiger partial charge in [0.2, 0.25) is 10.0 Å². The number of nitrogens with one attached hydrogen (secondary N) is 1. The van der Waals surface area contributed by atoms with Crippen LogP contribution in [0.4, 0.5) is 5.69 Å². The normalized spacial score (nSPS) is 18.1. The van der Waals surface area contributed by atoms with Crippen LogP contribution in [-0.4, -0.2) is 43.3 Å². The minimum absolute atomic E-state index is 0.0259. The van der Waals surface area contributed by atoms with Crippen LogP contribution in [0.5, 0.6) is 0 Å². The molecule has 38 heavy (non-hydrogen) atoms. The number of carbonyl (C=O) groups excluding carboxylic acids is 3. The van der Waals surface area contributed by atoms with E-state index in [-0.39, 0.29) is 44.1 Å². The van der Waals surface area contributed by atoms with Crippen LogP contribution in [0.25, 0.3) is 0 Å². The van der Waals surface area contributed by atoms with E-state index in [2.05, 4.69) is 21.2 Å². The van der Waals surface area contributed by atoms with Crippen molar-refractivity contribution in [1.82, 2.24) is 4.31 Å². The number of halogens is 2. The van der Waals surface area contributed by atoms with Gasteiger partial charge in [-0.15, -0.1) is 0 Å². The molecule has 0 spiro atoms. The van der Waals surface area contributed by atoms with Crippen LogP contribution in [0, 0.1) is 11.8 Å². The first-order chi connectivity index (χ1) is 18.0. The molecule has 4 rings (SSSR count). The number of amides is 1. The Morgan fingerprint density at radius 1 is 0.921 bits per heavy atom. The molecule has 0 radical (unpaired) electrons. The second kappa shape index (κ2) is 11.5. The summed E-state index contributed by atoms with van der Waals surface area (Å²) in [5.41, 5.74) is 0.574. The summed E-state index contributed by atoms with van der Waals surface area (Å²) in [6, 6.07) is 16.5. The van der Waals surface area contributed by atoms with E-state index >= 15 is 0 Å². The summed E-state index contributed by atoms with van der Waals surface area (Å²) >= 11 is 9.51. The van der Waals surface area contributed by atoms with Crippen molar-refractivity contribution in [3.8, 4) is 0 Å². The molecule has 1 aliphatic heterocycles. The molecule has 0 aromatic heterocycles. The zero-order chi connectivity index (χ0) is 27.6. The van der Waals surface area contributed by atoms with Gasteiger partial charge in [0.15, 0.2) is 5.78 Å². The number of hydrogen-bond acceptors (Lipinski definition) is 5. The topological polar surface area (TPSA) is 101 Å². The Morgan fingerprint density at radius 2 is 1.55 bits per heavy atom. The average molecular weight is 618 g/mol. The van der Waals surface area contributed by atoms with Crippen molar-refractivity contribution in [2.24, 2.45) is 11.8 Å². The SMILES string of the molecule is C[C@@H]1C[C@H](C)CN(S(=O)(=O)c2ccc(C(=O)C(=O)Nc3ccc(Br)cc3C(=O)c3ccccc3Cl)cc2)C1. The number of sulfonamides is 1. The van der Waals surface area contributed by atoms with E-state index in [0.29, 0.717) is 17.6 Å². The van der Waals surface area contributed by atoms with Crippen molar-refractivity contribution >= 4 is 60.7 Å². The van der Waals surface area contributed by atoms with Gasteiger partial charge in [-0.25, -0.2) is 8.42 Å². The highest BCUT2D eigenvalue weighted by atomic mass is 79.9. The minimum Gasteiger partial charge on any atom is -0.318 e. The van der Waals surface area contributed by atoms with E-state index in [1.165, 1.54) is 40.7 Å². The number of anilines is 1. The van der Waals surface area contributed by atoms with Crippen LogP contribution in [0.2, 0.25) is 5.02 Å². The van der Waals surface area contributed by atoms with Crippen molar-refractivity contribution in [3.63, 3.8) is 0 Å². The molecule has 0 saturated carbocycles. The highest BCUT2D eigenvalue weighted by Crippen LogP contribution is 2.28. The van der Waals surface area contributed by atoms with Gasteiger partial charge in [0.1, 0.15) is 0 Å². The lowest BCUT2D eigenvalue weighted by atomic mass is 9.94. The summed E-state index contributed by atoms with van der Waals surface area (Å²) in [6.07, 6.45) is 0.971. The van der Waals surface area contributed by atoms with Crippen LogP contribution >= 0.6 is 27.5 Å². The second-order valence-corrected chi connectivity index (χ2v) is 12.8. The molecule has 1 fully saturated rings. The van der Waals surface area contributed by atoms with Gasteiger partial charge < -0.3 is 5.32 Å². The first kappa shape index (κ1) is 28.2. The van der Waals surface area contributed by atoms with Gasteiger partial charge in [-0.1, -0.05) is 53.5 Å².